The lowest BCUT2D eigenvalue weighted by Crippen LogP contribution is -2.20. The molecule has 0 aliphatic carbocycles. The van der Waals surface area contributed by atoms with Crippen LogP contribution in [0.25, 0.3) is 0 Å². The summed E-state index contributed by atoms with van der Waals surface area (Å²) >= 11 is 0. The number of hydrogen-bond acceptors (Lipinski definition) is 7. The highest BCUT2D eigenvalue weighted by Crippen LogP contribution is 2.25. The van der Waals surface area contributed by atoms with E-state index in [9.17, 15) is 19.7 Å². The van der Waals surface area contributed by atoms with Crippen LogP contribution in [0.15, 0.2) is 18.2 Å². The zero-order valence-corrected chi connectivity index (χ0v) is 11.3. The first-order chi connectivity index (χ1) is 9.95. The number of nitro benzene ring substituents is 1. The summed E-state index contributed by atoms with van der Waals surface area (Å²) in [6, 6.07) is 3.83. The van der Waals surface area contributed by atoms with E-state index in [2.05, 4.69) is 10.1 Å². The minimum atomic E-state index is -0.603. The van der Waals surface area contributed by atoms with Gasteiger partial charge in [0.15, 0.2) is 0 Å². The maximum Gasteiger partial charge on any atom is 0.337 e. The average molecular weight is 297 g/mol. The van der Waals surface area contributed by atoms with Crippen LogP contribution in [0, 0.1) is 10.1 Å². The lowest BCUT2D eigenvalue weighted by atomic mass is 10.1. The van der Waals surface area contributed by atoms with Crippen molar-refractivity contribution >= 4 is 23.3 Å². The van der Waals surface area contributed by atoms with E-state index in [0.717, 1.165) is 0 Å². The number of nitrogens with one attached hydrogen (secondary N) is 1. The summed E-state index contributed by atoms with van der Waals surface area (Å²) in [7, 11) is 1.22. The minimum absolute atomic E-state index is 0.128. The Morgan fingerprint density at radius 3 is 2.71 bits per heavy atom. The fourth-order valence-electron chi connectivity index (χ4n) is 1.51. The Bertz CT molecular complexity index is 546. The standard InChI is InChI=1S/C12H15N3O6/c1-20-12(17)8-2-3-10(15(18)19)9(6-8)14-4-5-21-7-11(13)16/h2-3,6,14H,4-5,7H2,1H3,(H2,13,16). The molecular formula is C12H15N3O6. The number of primary amides is 1. The van der Waals surface area contributed by atoms with Crippen molar-refractivity contribution in [3.05, 3.63) is 33.9 Å². The van der Waals surface area contributed by atoms with E-state index in [-0.39, 0.29) is 36.7 Å². The summed E-state index contributed by atoms with van der Waals surface area (Å²) in [5.74, 6) is -1.20. The summed E-state index contributed by atoms with van der Waals surface area (Å²) < 4.78 is 9.47. The first kappa shape index (κ1) is 16.4. The molecule has 21 heavy (non-hydrogen) atoms. The highest BCUT2D eigenvalue weighted by molar-refractivity contribution is 5.91. The molecule has 0 spiro atoms. The Kier molecular flexibility index (Phi) is 6.08. The normalized spacial score (nSPS) is 9.95. The first-order valence-corrected chi connectivity index (χ1v) is 5.92. The Morgan fingerprint density at radius 2 is 2.14 bits per heavy atom. The quantitative estimate of drug-likeness (QED) is 0.305. The van der Waals surface area contributed by atoms with Gasteiger partial charge in [-0.1, -0.05) is 0 Å². The molecule has 0 saturated heterocycles. The van der Waals surface area contributed by atoms with E-state index in [1.807, 2.05) is 0 Å². The molecule has 0 atom stereocenters. The van der Waals surface area contributed by atoms with Crippen molar-refractivity contribution in [2.45, 2.75) is 0 Å². The predicted molar refractivity (Wildman–Crippen MR) is 72.9 cm³/mol. The number of anilines is 1. The van der Waals surface area contributed by atoms with Crippen LogP contribution < -0.4 is 11.1 Å². The number of methoxy groups -OCH3 is 1. The van der Waals surface area contributed by atoms with Crippen LogP contribution in [-0.2, 0) is 14.3 Å². The largest absolute Gasteiger partial charge is 0.465 e. The van der Waals surface area contributed by atoms with Crippen LogP contribution in [0.3, 0.4) is 0 Å². The van der Waals surface area contributed by atoms with E-state index in [4.69, 9.17) is 10.5 Å². The van der Waals surface area contributed by atoms with Gasteiger partial charge in [-0.2, -0.15) is 0 Å². The Labute approximate surface area is 120 Å². The number of hydrogen-bond donors (Lipinski definition) is 2. The fourth-order valence-corrected chi connectivity index (χ4v) is 1.51. The van der Waals surface area contributed by atoms with Gasteiger partial charge in [0.2, 0.25) is 5.91 Å². The predicted octanol–water partition coefficient (Wildman–Crippen LogP) is 0.295. The molecule has 1 amide bonds. The molecule has 0 unspecified atom stereocenters. The topological polar surface area (TPSA) is 134 Å². The minimum Gasteiger partial charge on any atom is -0.465 e. The van der Waals surface area contributed by atoms with Crippen LogP contribution >= 0.6 is 0 Å². The van der Waals surface area contributed by atoms with E-state index >= 15 is 0 Å². The Morgan fingerprint density at radius 1 is 1.43 bits per heavy atom. The van der Waals surface area contributed by atoms with E-state index in [0.29, 0.717) is 0 Å². The van der Waals surface area contributed by atoms with Gasteiger partial charge >= 0.3 is 5.97 Å². The van der Waals surface area contributed by atoms with Crippen LogP contribution in [0.2, 0.25) is 0 Å². The van der Waals surface area contributed by atoms with Gasteiger partial charge in [-0.15, -0.1) is 0 Å². The molecule has 9 nitrogen and oxygen atoms in total. The Hall–Kier alpha value is -2.68. The van der Waals surface area contributed by atoms with Crippen LogP contribution in [0.1, 0.15) is 10.4 Å². The smallest absolute Gasteiger partial charge is 0.337 e. The second-order valence-electron chi connectivity index (χ2n) is 3.93. The molecule has 9 heteroatoms. The SMILES string of the molecule is COC(=O)c1ccc([N+](=O)[O-])c(NCCOCC(N)=O)c1. The Balaban J connectivity index is 2.74. The molecule has 3 N–H and O–H groups in total. The number of carbonyl (C=O) groups excluding carboxylic acids is 2. The molecular weight excluding hydrogens is 282 g/mol. The summed E-state index contributed by atoms with van der Waals surface area (Å²) in [6.45, 7) is 0.104. The number of nitrogens with two attached hydrogens (primary N) is 1. The molecule has 1 aromatic carbocycles. The molecule has 0 saturated carbocycles. The third kappa shape index (κ3) is 5.07. The molecule has 0 heterocycles. The molecule has 114 valence electrons. The number of esters is 1. The maximum atomic E-state index is 11.4. The monoisotopic (exact) mass is 297 g/mol. The second kappa shape index (κ2) is 7.80. The molecule has 0 aliphatic heterocycles. The van der Waals surface area contributed by atoms with Gasteiger partial charge in [0, 0.05) is 12.6 Å². The summed E-state index contributed by atoms with van der Waals surface area (Å²) in [5, 5.41) is 13.7. The van der Waals surface area contributed by atoms with E-state index in [1.165, 1.54) is 25.3 Å². The molecule has 0 aliphatic rings. The van der Waals surface area contributed by atoms with Crippen molar-refractivity contribution in [3.63, 3.8) is 0 Å². The number of nitrogens with zero attached hydrogens (tertiary/aromatic N) is 1. The highest BCUT2D eigenvalue weighted by atomic mass is 16.6. The van der Waals surface area contributed by atoms with Crippen molar-refractivity contribution in [2.24, 2.45) is 5.73 Å². The first-order valence-electron chi connectivity index (χ1n) is 5.92. The third-order valence-corrected chi connectivity index (χ3v) is 2.42. The van der Waals surface area contributed by atoms with Gasteiger partial charge in [-0.25, -0.2) is 4.79 Å². The zero-order valence-electron chi connectivity index (χ0n) is 11.3. The summed E-state index contributed by atoms with van der Waals surface area (Å²) in [5.41, 5.74) is 5.05. The molecule has 0 radical (unpaired) electrons. The number of ether oxygens (including phenoxy) is 2. The van der Waals surface area contributed by atoms with E-state index < -0.39 is 16.8 Å². The summed E-state index contributed by atoms with van der Waals surface area (Å²) in [6.07, 6.45) is 0. The molecule has 0 fully saturated rings. The molecule has 1 aromatic rings. The number of benzene rings is 1. The van der Waals surface area contributed by atoms with Crippen LogP contribution in [-0.4, -0.2) is 43.7 Å². The van der Waals surface area contributed by atoms with Gasteiger partial charge in [-0.05, 0) is 12.1 Å². The highest BCUT2D eigenvalue weighted by Gasteiger charge is 2.16. The van der Waals surface area contributed by atoms with Crippen molar-refractivity contribution in [1.82, 2.24) is 0 Å². The number of carbonyl (C=O) groups is 2. The van der Waals surface area contributed by atoms with Gasteiger partial charge < -0.3 is 20.5 Å². The molecule has 1 rings (SSSR count). The summed E-state index contributed by atoms with van der Waals surface area (Å²) in [4.78, 5) is 32.2. The van der Waals surface area contributed by atoms with E-state index in [1.54, 1.807) is 0 Å². The number of rotatable bonds is 8. The van der Waals surface area contributed by atoms with Crippen LogP contribution in [0.4, 0.5) is 11.4 Å². The molecule has 0 bridgehead atoms. The maximum absolute atomic E-state index is 11.4. The molecule has 0 aromatic heterocycles. The van der Waals surface area contributed by atoms with Gasteiger partial charge in [-0.3, -0.25) is 14.9 Å². The lowest BCUT2D eigenvalue weighted by molar-refractivity contribution is -0.384. The van der Waals surface area contributed by atoms with Crippen molar-refractivity contribution in [2.75, 3.05) is 32.2 Å². The van der Waals surface area contributed by atoms with Gasteiger partial charge in [0.1, 0.15) is 12.3 Å². The van der Waals surface area contributed by atoms with Crippen molar-refractivity contribution in [3.8, 4) is 0 Å². The lowest BCUT2D eigenvalue weighted by Gasteiger charge is -2.08. The second-order valence-corrected chi connectivity index (χ2v) is 3.93. The number of nitro groups is 1. The average Bonchev–Trinajstić information content (AvgIpc) is 2.45. The fraction of sp³-hybridized carbons (Fsp3) is 0.333. The van der Waals surface area contributed by atoms with Crippen molar-refractivity contribution in [1.29, 1.82) is 0 Å². The third-order valence-electron chi connectivity index (χ3n) is 2.42. The van der Waals surface area contributed by atoms with Crippen molar-refractivity contribution < 1.29 is 24.0 Å². The number of amides is 1. The zero-order chi connectivity index (χ0) is 15.8. The van der Waals surface area contributed by atoms with Gasteiger partial charge in [0.25, 0.3) is 5.69 Å². The van der Waals surface area contributed by atoms with Gasteiger partial charge in [0.05, 0.1) is 24.2 Å². The van der Waals surface area contributed by atoms with Crippen LogP contribution in [0.5, 0.6) is 0 Å².